The molecule has 0 aliphatic carbocycles. The summed E-state index contributed by atoms with van der Waals surface area (Å²) in [4.78, 5) is 16.0. The lowest BCUT2D eigenvalue weighted by Crippen LogP contribution is -2.23. The molecule has 2 aromatic rings. The molecule has 0 unspecified atom stereocenters. The third-order valence-electron chi connectivity index (χ3n) is 2.81. The lowest BCUT2D eigenvalue weighted by atomic mass is 10.2. The van der Waals surface area contributed by atoms with Crippen LogP contribution in [0.2, 0.25) is 5.02 Å². The van der Waals surface area contributed by atoms with E-state index in [1.165, 1.54) is 12.1 Å². The first-order valence-electron chi connectivity index (χ1n) is 6.52. The maximum absolute atomic E-state index is 13.0. The Kier molecular flexibility index (Phi) is 5.11. The van der Waals surface area contributed by atoms with Crippen molar-refractivity contribution in [3.8, 4) is 0 Å². The highest BCUT2D eigenvalue weighted by Crippen LogP contribution is 2.16. The number of halogens is 2. The van der Waals surface area contributed by atoms with Crippen molar-refractivity contribution in [2.24, 2.45) is 0 Å². The van der Waals surface area contributed by atoms with Gasteiger partial charge in [0.15, 0.2) is 0 Å². The Hall–Kier alpha value is -2.14. The second kappa shape index (κ2) is 7.04. The second-order valence-corrected chi connectivity index (χ2v) is 4.80. The van der Waals surface area contributed by atoms with E-state index in [0.717, 1.165) is 17.8 Å². The fourth-order valence-corrected chi connectivity index (χ4v) is 1.96. The smallest absolute Gasteiger partial charge is 0.270 e. The molecule has 2 rings (SSSR count). The minimum absolute atomic E-state index is 0.0369. The van der Waals surface area contributed by atoms with Crippen molar-refractivity contribution in [1.29, 1.82) is 0 Å². The summed E-state index contributed by atoms with van der Waals surface area (Å²) in [6.07, 6.45) is 1.60. The van der Waals surface area contributed by atoms with Gasteiger partial charge in [0, 0.05) is 13.1 Å². The van der Waals surface area contributed by atoms with Crippen molar-refractivity contribution in [3.63, 3.8) is 0 Å². The van der Waals surface area contributed by atoms with Crippen LogP contribution in [0.3, 0.4) is 0 Å². The first-order chi connectivity index (χ1) is 10.1. The molecule has 0 bridgehead atoms. The third-order valence-corrected chi connectivity index (χ3v) is 3.10. The zero-order valence-electron chi connectivity index (χ0n) is 11.5. The molecule has 21 heavy (non-hydrogen) atoms. The Morgan fingerprint density at radius 2 is 2.14 bits per heavy atom. The van der Waals surface area contributed by atoms with Crippen LogP contribution in [0.15, 0.2) is 36.5 Å². The predicted molar refractivity (Wildman–Crippen MR) is 81.0 cm³/mol. The number of hydrogen-bond donors (Lipinski definition) is 2. The minimum atomic E-state index is -0.479. The van der Waals surface area contributed by atoms with E-state index >= 15 is 0 Å². The van der Waals surface area contributed by atoms with Gasteiger partial charge in [-0.25, -0.2) is 9.37 Å². The Labute approximate surface area is 127 Å². The number of nitrogens with one attached hydrogen (secondary N) is 2. The zero-order chi connectivity index (χ0) is 15.2. The van der Waals surface area contributed by atoms with E-state index < -0.39 is 5.82 Å². The van der Waals surface area contributed by atoms with Gasteiger partial charge in [-0.15, -0.1) is 0 Å². The van der Waals surface area contributed by atoms with Crippen LogP contribution in [0.25, 0.3) is 0 Å². The summed E-state index contributed by atoms with van der Waals surface area (Å²) in [6, 6.07) is 7.76. The van der Waals surface area contributed by atoms with Crippen molar-refractivity contribution in [1.82, 2.24) is 10.3 Å². The molecule has 0 radical (unpaired) electrons. The summed E-state index contributed by atoms with van der Waals surface area (Å²) in [7, 11) is 0. The Morgan fingerprint density at radius 1 is 1.33 bits per heavy atom. The minimum Gasteiger partial charge on any atom is -0.384 e. The number of amides is 1. The van der Waals surface area contributed by atoms with Gasteiger partial charge in [-0.3, -0.25) is 4.79 Å². The molecular formula is C15H15ClFN3O. The van der Waals surface area contributed by atoms with Crippen molar-refractivity contribution >= 4 is 23.2 Å². The highest BCUT2D eigenvalue weighted by molar-refractivity contribution is 6.30. The van der Waals surface area contributed by atoms with Crippen LogP contribution in [0.5, 0.6) is 0 Å². The summed E-state index contributed by atoms with van der Waals surface area (Å²) in [6.45, 7) is 3.03. The monoisotopic (exact) mass is 307 g/mol. The summed E-state index contributed by atoms with van der Waals surface area (Å²) in [5.74, 6) is -0.772. The predicted octanol–water partition coefficient (Wildman–Crippen LogP) is 3.24. The molecule has 1 amide bonds. The van der Waals surface area contributed by atoms with Crippen LogP contribution in [0, 0.1) is 5.82 Å². The molecule has 110 valence electrons. The number of hydrogen-bond acceptors (Lipinski definition) is 3. The Bertz CT molecular complexity index is 631. The molecule has 0 aliphatic rings. The Morgan fingerprint density at radius 3 is 2.76 bits per heavy atom. The van der Waals surface area contributed by atoms with Gasteiger partial charge in [0.25, 0.3) is 5.91 Å². The molecule has 1 heterocycles. The summed E-state index contributed by atoms with van der Waals surface area (Å²) < 4.78 is 13.0. The average Bonchev–Trinajstić information content (AvgIpc) is 2.49. The molecule has 0 saturated heterocycles. The van der Waals surface area contributed by atoms with Crippen LogP contribution in [0.4, 0.5) is 10.1 Å². The number of rotatable bonds is 5. The lowest BCUT2D eigenvalue weighted by Gasteiger charge is -2.07. The van der Waals surface area contributed by atoms with Gasteiger partial charge >= 0.3 is 0 Å². The number of nitrogens with zero attached hydrogens (tertiary/aromatic N) is 1. The molecule has 0 fully saturated rings. The molecule has 0 atom stereocenters. The van der Waals surface area contributed by atoms with E-state index in [2.05, 4.69) is 15.6 Å². The molecule has 0 spiro atoms. The van der Waals surface area contributed by atoms with Crippen molar-refractivity contribution < 1.29 is 9.18 Å². The van der Waals surface area contributed by atoms with Gasteiger partial charge < -0.3 is 10.6 Å². The number of pyridine rings is 1. The van der Waals surface area contributed by atoms with E-state index in [9.17, 15) is 9.18 Å². The van der Waals surface area contributed by atoms with Gasteiger partial charge in [-0.2, -0.15) is 0 Å². The molecule has 1 aromatic carbocycles. The van der Waals surface area contributed by atoms with Crippen molar-refractivity contribution in [3.05, 3.63) is 58.6 Å². The van der Waals surface area contributed by atoms with Crippen LogP contribution in [0.1, 0.15) is 23.0 Å². The van der Waals surface area contributed by atoms with Crippen LogP contribution >= 0.6 is 11.6 Å². The van der Waals surface area contributed by atoms with Crippen LogP contribution in [-0.4, -0.2) is 17.4 Å². The first kappa shape index (κ1) is 15.3. The number of carbonyl (C=O) groups excluding carboxylic acids is 1. The van der Waals surface area contributed by atoms with Crippen molar-refractivity contribution in [2.45, 2.75) is 13.5 Å². The largest absolute Gasteiger partial charge is 0.384 e. The molecule has 0 saturated carbocycles. The topological polar surface area (TPSA) is 54.0 Å². The SMILES string of the molecule is CCNc1ccc(C(=O)NCc2ccc(F)c(Cl)c2)nc1. The van der Waals surface area contributed by atoms with E-state index in [4.69, 9.17) is 11.6 Å². The Balaban J connectivity index is 1.96. The normalized spacial score (nSPS) is 10.2. The highest BCUT2D eigenvalue weighted by Gasteiger charge is 2.07. The molecular weight excluding hydrogens is 293 g/mol. The molecule has 1 aromatic heterocycles. The van der Waals surface area contributed by atoms with Gasteiger partial charge in [0.2, 0.25) is 0 Å². The number of carbonyl (C=O) groups is 1. The van der Waals surface area contributed by atoms with E-state index in [0.29, 0.717) is 5.69 Å². The second-order valence-electron chi connectivity index (χ2n) is 4.39. The van der Waals surface area contributed by atoms with Gasteiger partial charge in [0.05, 0.1) is 16.9 Å². The highest BCUT2D eigenvalue weighted by atomic mass is 35.5. The molecule has 0 aliphatic heterocycles. The fraction of sp³-hybridized carbons (Fsp3) is 0.200. The summed E-state index contributed by atoms with van der Waals surface area (Å²) in [5, 5.41) is 5.85. The quantitative estimate of drug-likeness (QED) is 0.891. The maximum atomic E-state index is 13.0. The number of anilines is 1. The van der Waals surface area contributed by atoms with Gasteiger partial charge in [0.1, 0.15) is 11.5 Å². The van der Waals surface area contributed by atoms with Crippen molar-refractivity contribution in [2.75, 3.05) is 11.9 Å². The zero-order valence-corrected chi connectivity index (χ0v) is 12.2. The summed E-state index contributed by atoms with van der Waals surface area (Å²) in [5.41, 5.74) is 1.91. The third kappa shape index (κ3) is 4.16. The standard InChI is InChI=1S/C15H15ClFN3O/c1-2-18-11-4-6-14(19-9-11)15(21)20-8-10-3-5-13(17)12(16)7-10/h3-7,9,18H,2,8H2,1H3,(H,20,21). The van der Waals surface area contributed by atoms with E-state index in [-0.39, 0.29) is 17.5 Å². The molecule has 6 heteroatoms. The van der Waals surface area contributed by atoms with Crippen LogP contribution < -0.4 is 10.6 Å². The average molecular weight is 308 g/mol. The summed E-state index contributed by atoms with van der Waals surface area (Å²) >= 11 is 5.69. The number of aromatic nitrogens is 1. The van der Waals surface area contributed by atoms with E-state index in [1.807, 2.05) is 6.92 Å². The van der Waals surface area contributed by atoms with Crippen LogP contribution in [-0.2, 0) is 6.54 Å². The number of benzene rings is 1. The molecule has 4 nitrogen and oxygen atoms in total. The molecule has 2 N–H and O–H groups in total. The lowest BCUT2D eigenvalue weighted by molar-refractivity contribution is 0.0946. The maximum Gasteiger partial charge on any atom is 0.270 e. The van der Waals surface area contributed by atoms with E-state index in [1.54, 1.807) is 24.4 Å². The van der Waals surface area contributed by atoms with Gasteiger partial charge in [-0.1, -0.05) is 17.7 Å². The fourth-order valence-electron chi connectivity index (χ4n) is 1.76. The van der Waals surface area contributed by atoms with Gasteiger partial charge in [-0.05, 0) is 36.8 Å². The first-order valence-corrected chi connectivity index (χ1v) is 6.90.